The Morgan fingerprint density at radius 3 is 2.15 bits per heavy atom. The number of benzene rings is 3. The molecule has 0 saturated carbocycles. The molecule has 0 spiro atoms. The normalized spacial score (nSPS) is 11.6. The fraction of sp³-hybridized carbons (Fsp3) is 0.115. The Kier molecular flexibility index (Phi) is 6.31. The van der Waals surface area contributed by atoms with Gasteiger partial charge in [-0.3, -0.25) is 14.4 Å². The average Bonchev–Trinajstić information content (AvgIpc) is 2.85. The molecule has 0 bridgehead atoms. The van der Waals surface area contributed by atoms with Crippen LogP contribution in [-0.4, -0.2) is 33.5 Å². The van der Waals surface area contributed by atoms with E-state index < -0.39 is 18.0 Å². The summed E-state index contributed by atoms with van der Waals surface area (Å²) in [6.07, 6.45) is -1.14. The van der Waals surface area contributed by atoms with Gasteiger partial charge in [0.2, 0.25) is 0 Å². The van der Waals surface area contributed by atoms with Crippen molar-refractivity contribution in [2.45, 2.75) is 20.0 Å². The summed E-state index contributed by atoms with van der Waals surface area (Å²) in [5, 5.41) is 7.54. The molecule has 4 rings (SSSR count). The molecule has 0 fully saturated rings. The summed E-state index contributed by atoms with van der Waals surface area (Å²) < 4.78 is 6.53. The molecule has 0 unspecified atom stereocenters. The van der Waals surface area contributed by atoms with Crippen LogP contribution in [0.2, 0.25) is 0 Å². The van der Waals surface area contributed by atoms with Crippen LogP contribution in [0.5, 0.6) is 0 Å². The Balaban J connectivity index is 1.60. The monoisotopic (exact) mass is 455 g/mol. The average molecular weight is 455 g/mol. The number of amides is 1. The van der Waals surface area contributed by atoms with Crippen LogP contribution in [0.15, 0.2) is 83.7 Å². The largest absolute Gasteiger partial charge is 0.448 e. The first-order valence-electron chi connectivity index (χ1n) is 10.6. The van der Waals surface area contributed by atoms with E-state index in [1.165, 1.54) is 13.8 Å². The van der Waals surface area contributed by atoms with Crippen LogP contribution in [0.25, 0.3) is 16.5 Å². The SMILES string of the molecule is CC(=O)c1ccc(NC(=O)[C@H](C)OC(=O)c2nn(-c3ccccc3)c(=O)c3ccccc23)cc1. The number of aromatic nitrogens is 2. The number of Topliss-reactive ketones (excluding diaryl/α,β-unsaturated/α-hetero) is 1. The summed E-state index contributed by atoms with van der Waals surface area (Å²) in [4.78, 5) is 50.0. The molecule has 0 aliphatic rings. The van der Waals surface area contributed by atoms with Gasteiger partial charge in [-0.25, -0.2) is 4.79 Å². The van der Waals surface area contributed by atoms with Crippen LogP contribution in [0, 0.1) is 0 Å². The number of ether oxygens (including phenoxy) is 1. The Labute approximate surface area is 194 Å². The predicted molar refractivity (Wildman–Crippen MR) is 127 cm³/mol. The molecule has 170 valence electrons. The van der Waals surface area contributed by atoms with E-state index in [4.69, 9.17) is 4.74 Å². The first-order valence-corrected chi connectivity index (χ1v) is 10.6. The molecule has 1 heterocycles. The van der Waals surface area contributed by atoms with E-state index in [2.05, 4.69) is 10.4 Å². The number of rotatable bonds is 6. The highest BCUT2D eigenvalue weighted by molar-refractivity contribution is 6.04. The molecule has 8 heteroatoms. The van der Waals surface area contributed by atoms with Crippen LogP contribution in [0.4, 0.5) is 5.69 Å². The highest BCUT2D eigenvalue weighted by atomic mass is 16.5. The minimum Gasteiger partial charge on any atom is -0.448 e. The molecule has 0 aliphatic carbocycles. The summed E-state index contributed by atoms with van der Waals surface area (Å²) in [6.45, 7) is 2.89. The number of anilines is 1. The third-order valence-corrected chi connectivity index (χ3v) is 5.21. The zero-order chi connectivity index (χ0) is 24.2. The molecule has 1 atom stereocenters. The molecule has 1 amide bonds. The van der Waals surface area contributed by atoms with E-state index in [9.17, 15) is 19.2 Å². The van der Waals surface area contributed by atoms with Gasteiger partial charge in [0.15, 0.2) is 17.6 Å². The van der Waals surface area contributed by atoms with Gasteiger partial charge in [-0.15, -0.1) is 0 Å². The van der Waals surface area contributed by atoms with Crippen LogP contribution in [0.1, 0.15) is 34.7 Å². The molecule has 1 aromatic heterocycles. The van der Waals surface area contributed by atoms with Gasteiger partial charge < -0.3 is 10.1 Å². The maximum atomic E-state index is 13.0. The minimum absolute atomic E-state index is 0.0792. The molecule has 3 aromatic carbocycles. The number of ketones is 1. The van der Waals surface area contributed by atoms with Gasteiger partial charge in [0.05, 0.1) is 11.1 Å². The topological polar surface area (TPSA) is 107 Å². The molecular formula is C26H21N3O5. The van der Waals surface area contributed by atoms with E-state index >= 15 is 0 Å². The quantitative estimate of drug-likeness (QED) is 0.350. The number of nitrogens with one attached hydrogen (secondary N) is 1. The van der Waals surface area contributed by atoms with Crippen molar-refractivity contribution in [3.05, 3.63) is 100 Å². The molecular weight excluding hydrogens is 434 g/mol. The summed E-state index contributed by atoms with van der Waals surface area (Å²) in [5.74, 6) is -1.48. The third-order valence-electron chi connectivity index (χ3n) is 5.21. The van der Waals surface area contributed by atoms with E-state index in [1.54, 1.807) is 78.9 Å². The summed E-state index contributed by atoms with van der Waals surface area (Å²) in [7, 11) is 0. The fourth-order valence-electron chi connectivity index (χ4n) is 3.39. The number of carbonyl (C=O) groups excluding carboxylic acids is 3. The lowest BCUT2D eigenvalue weighted by Crippen LogP contribution is -2.31. The maximum Gasteiger partial charge on any atom is 0.360 e. The number of nitrogens with zero attached hydrogens (tertiary/aromatic N) is 2. The van der Waals surface area contributed by atoms with Crippen LogP contribution in [-0.2, 0) is 9.53 Å². The standard InChI is InChI=1S/C26H21N3O5/c1-16(30)18-12-14-19(15-13-18)27-24(31)17(2)34-26(33)23-21-10-6-7-11-22(21)25(32)29(28-23)20-8-4-3-5-9-20/h3-15,17H,1-2H3,(H,27,31)/t17-/m0/s1. The first-order chi connectivity index (χ1) is 16.3. The molecule has 8 nitrogen and oxygen atoms in total. The van der Waals surface area contributed by atoms with E-state index in [0.717, 1.165) is 4.68 Å². The lowest BCUT2D eigenvalue weighted by molar-refractivity contribution is -0.123. The lowest BCUT2D eigenvalue weighted by Gasteiger charge is -2.15. The van der Waals surface area contributed by atoms with E-state index in [1.807, 2.05) is 0 Å². The van der Waals surface area contributed by atoms with Crippen molar-refractivity contribution < 1.29 is 19.1 Å². The van der Waals surface area contributed by atoms with Crippen molar-refractivity contribution in [1.29, 1.82) is 0 Å². The zero-order valence-electron chi connectivity index (χ0n) is 18.5. The van der Waals surface area contributed by atoms with E-state index in [-0.39, 0.29) is 17.0 Å². The second-order valence-electron chi connectivity index (χ2n) is 7.62. The number of hydrogen-bond donors (Lipinski definition) is 1. The summed E-state index contributed by atoms with van der Waals surface area (Å²) >= 11 is 0. The molecule has 0 radical (unpaired) electrons. The van der Waals surface area contributed by atoms with Gasteiger partial charge in [0.25, 0.3) is 11.5 Å². The highest BCUT2D eigenvalue weighted by Gasteiger charge is 2.24. The Morgan fingerprint density at radius 1 is 0.882 bits per heavy atom. The minimum atomic E-state index is -1.14. The smallest absolute Gasteiger partial charge is 0.360 e. The number of hydrogen-bond acceptors (Lipinski definition) is 6. The number of para-hydroxylation sites is 1. The second-order valence-corrected chi connectivity index (χ2v) is 7.62. The molecule has 34 heavy (non-hydrogen) atoms. The molecule has 4 aromatic rings. The fourth-order valence-corrected chi connectivity index (χ4v) is 3.39. The van der Waals surface area contributed by atoms with Gasteiger partial charge in [-0.2, -0.15) is 9.78 Å². The summed E-state index contributed by atoms with van der Waals surface area (Å²) in [5.41, 5.74) is 1.01. The van der Waals surface area contributed by atoms with E-state index in [0.29, 0.717) is 27.7 Å². The van der Waals surface area contributed by atoms with Crippen LogP contribution >= 0.6 is 0 Å². The zero-order valence-corrected chi connectivity index (χ0v) is 18.5. The van der Waals surface area contributed by atoms with Crippen molar-refractivity contribution in [3.63, 3.8) is 0 Å². The predicted octanol–water partition coefficient (Wildman–Crippen LogP) is 3.77. The van der Waals surface area contributed by atoms with Crippen LogP contribution < -0.4 is 10.9 Å². The van der Waals surface area contributed by atoms with Gasteiger partial charge >= 0.3 is 5.97 Å². The Hall–Kier alpha value is -4.59. The summed E-state index contributed by atoms with van der Waals surface area (Å²) in [6, 6.07) is 21.7. The van der Waals surface area contributed by atoms with Crippen molar-refractivity contribution in [3.8, 4) is 5.69 Å². The Bertz CT molecular complexity index is 1440. The maximum absolute atomic E-state index is 13.0. The molecule has 1 N–H and O–H groups in total. The number of esters is 1. The number of carbonyl (C=O) groups is 3. The lowest BCUT2D eigenvalue weighted by atomic mass is 10.1. The van der Waals surface area contributed by atoms with Gasteiger partial charge in [-0.1, -0.05) is 36.4 Å². The second kappa shape index (κ2) is 9.50. The van der Waals surface area contributed by atoms with Gasteiger partial charge in [0, 0.05) is 16.6 Å². The van der Waals surface area contributed by atoms with Crippen molar-refractivity contribution in [1.82, 2.24) is 9.78 Å². The first kappa shape index (κ1) is 22.6. The third kappa shape index (κ3) is 4.61. The van der Waals surface area contributed by atoms with Gasteiger partial charge in [-0.05, 0) is 56.3 Å². The van der Waals surface area contributed by atoms with Crippen molar-refractivity contribution in [2.75, 3.05) is 5.32 Å². The van der Waals surface area contributed by atoms with Gasteiger partial charge in [0.1, 0.15) is 0 Å². The highest BCUT2D eigenvalue weighted by Crippen LogP contribution is 2.17. The molecule has 0 saturated heterocycles. The molecule has 0 aliphatic heterocycles. The number of fused-ring (bicyclic) bond motifs is 1. The Morgan fingerprint density at radius 2 is 1.50 bits per heavy atom. The van der Waals surface area contributed by atoms with Crippen LogP contribution in [0.3, 0.4) is 0 Å². The van der Waals surface area contributed by atoms with Crippen molar-refractivity contribution >= 4 is 34.1 Å². The van der Waals surface area contributed by atoms with Crippen molar-refractivity contribution in [2.24, 2.45) is 0 Å².